The van der Waals surface area contributed by atoms with Gasteiger partial charge in [0.15, 0.2) is 0 Å². The lowest BCUT2D eigenvalue weighted by atomic mass is 9.83. The number of nitrogens with zero attached hydrogens (tertiary/aromatic N) is 1. The van der Waals surface area contributed by atoms with Crippen LogP contribution in [-0.4, -0.2) is 49.8 Å². The van der Waals surface area contributed by atoms with Crippen LogP contribution in [0.25, 0.3) is 0 Å². The van der Waals surface area contributed by atoms with Gasteiger partial charge in [-0.1, -0.05) is 0 Å². The van der Waals surface area contributed by atoms with E-state index in [4.69, 9.17) is 4.74 Å². The summed E-state index contributed by atoms with van der Waals surface area (Å²) < 4.78 is 5.47. The van der Waals surface area contributed by atoms with Crippen LogP contribution in [0.4, 0.5) is 0 Å². The highest BCUT2D eigenvalue weighted by Gasteiger charge is 2.37. The Bertz CT molecular complexity index is 243. The maximum atomic E-state index is 5.47. The molecule has 0 aliphatic carbocycles. The minimum Gasteiger partial charge on any atom is -0.381 e. The summed E-state index contributed by atoms with van der Waals surface area (Å²) in [6, 6.07) is 0.596. The summed E-state index contributed by atoms with van der Waals surface area (Å²) in [5, 5.41) is 3.58. The van der Waals surface area contributed by atoms with E-state index in [-0.39, 0.29) is 5.54 Å². The van der Waals surface area contributed by atoms with Crippen LogP contribution in [0.5, 0.6) is 0 Å². The van der Waals surface area contributed by atoms with Gasteiger partial charge in [-0.05, 0) is 72.0 Å². The molecule has 2 saturated heterocycles. The van der Waals surface area contributed by atoms with Crippen LogP contribution in [0.3, 0.4) is 0 Å². The largest absolute Gasteiger partial charge is 0.381 e. The lowest BCUT2D eigenvalue weighted by Crippen LogP contribution is -2.56. The van der Waals surface area contributed by atoms with Crippen molar-refractivity contribution >= 4 is 0 Å². The fraction of sp³-hybridized carbons (Fsp3) is 1.00. The van der Waals surface area contributed by atoms with Crippen LogP contribution in [0.2, 0.25) is 0 Å². The predicted octanol–water partition coefficient (Wildman–Crippen LogP) is 2.27. The van der Waals surface area contributed by atoms with E-state index in [0.717, 1.165) is 19.1 Å². The van der Waals surface area contributed by atoms with E-state index in [1.807, 2.05) is 0 Å². The average molecular weight is 254 g/mol. The van der Waals surface area contributed by atoms with E-state index in [2.05, 4.69) is 31.1 Å². The van der Waals surface area contributed by atoms with Crippen molar-refractivity contribution in [3.05, 3.63) is 0 Å². The molecule has 3 nitrogen and oxygen atoms in total. The third-order valence-electron chi connectivity index (χ3n) is 5.03. The summed E-state index contributed by atoms with van der Waals surface area (Å²) in [4.78, 5) is 2.67. The van der Waals surface area contributed by atoms with E-state index < -0.39 is 0 Å². The lowest BCUT2D eigenvalue weighted by molar-refractivity contribution is 0.0438. The van der Waals surface area contributed by atoms with Gasteiger partial charge in [-0.25, -0.2) is 0 Å². The Morgan fingerprint density at radius 1 is 1.22 bits per heavy atom. The third-order valence-corrected chi connectivity index (χ3v) is 5.03. The van der Waals surface area contributed by atoms with Gasteiger partial charge in [0.1, 0.15) is 0 Å². The molecule has 0 aromatic rings. The first kappa shape index (κ1) is 14.3. The molecule has 0 spiro atoms. The van der Waals surface area contributed by atoms with Crippen molar-refractivity contribution in [3.63, 3.8) is 0 Å². The molecule has 2 fully saturated rings. The zero-order chi connectivity index (χ0) is 13.0. The standard InChI is InChI=1S/C15H30N2O/c1-15(2,17-8-4-5-9-17)14(16-3)12-13-6-10-18-11-7-13/h13-14,16H,4-12H2,1-3H3. The van der Waals surface area contributed by atoms with Gasteiger partial charge in [-0.2, -0.15) is 0 Å². The maximum Gasteiger partial charge on any atom is 0.0468 e. The van der Waals surface area contributed by atoms with Gasteiger partial charge in [-0.15, -0.1) is 0 Å². The van der Waals surface area contributed by atoms with Crippen molar-refractivity contribution in [1.82, 2.24) is 10.2 Å². The quantitative estimate of drug-likeness (QED) is 0.814. The highest BCUT2D eigenvalue weighted by atomic mass is 16.5. The Morgan fingerprint density at radius 2 is 1.83 bits per heavy atom. The van der Waals surface area contributed by atoms with Gasteiger partial charge >= 0.3 is 0 Å². The topological polar surface area (TPSA) is 24.5 Å². The molecule has 2 rings (SSSR count). The molecule has 1 atom stereocenters. The summed E-state index contributed by atoms with van der Waals surface area (Å²) in [6.45, 7) is 9.31. The van der Waals surface area contributed by atoms with Crippen LogP contribution in [0.15, 0.2) is 0 Å². The molecular weight excluding hydrogens is 224 g/mol. The molecule has 106 valence electrons. The highest BCUT2D eigenvalue weighted by molar-refractivity contribution is 4.95. The Labute approximate surface area is 112 Å². The second kappa shape index (κ2) is 6.36. The average Bonchev–Trinajstić information content (AvgIpc) is 2.91. The van der Waals surface area contributed by atoms with Crippen LogP contribution >= 0.6 is 0 Å². The highest BCUT2D eigenvalue weighted by Crippen LogP contribution is 2.30. The fourth-order valence-corrected chi connectivity index (χ4v) is 3.59. The molecule has 0 saturated carbocycles. The number of likely N-dealkylation sites (tertiary alicyclic amines) is 1. The zero-order valence-electron chi connectivity index (χ0n) is 12.4. The Kier molecular flexibility index (Phi) is 5.05. The second-order valence-electron chi connectivity index (χ2n) is 6.48. The molecule has 0 bridgehead atoms. The molecule has 1 N–H and O–H groups in total. The first-order valence-electron chi connectivity index (χ1n) is 7.64. The normalized spacial score (nSPS) is 25.5. The van der Waals surface area contributed by atoms with E-state index >= 15 is 0 Å². The number of hydrogen-bond donors (Lipinski definition) is 1. The summed E-state index contributed by atoms with van der Waals surface area (Å²) in [5.41, 5.74) is 0.281. The minimum absolute atomic E-state index is 0.281. The number of nitrogens with one attached hydrogen (secondary N) is 1. The maximum absolute atomic E-state index is 5.47. The Hall–Kier alpha value is -0.120. The van der Waals surface area contributed by atoms with Crippen LogP contribution in [0.1, 0.15) is 46.0 Å². The van der Waals surface area contributed by atoms with Gasteiger partial charge in [0.05, 0.1) is 0 Å². The van der Waals surface area contributed by atoms with Gasteiger partial charge in [0.25, 0.3) is 0 Å². The minimum atomic E-state index is 0.281. The van der Waals surface area contributed by atoms with Gasteiger partial charge in [-0.3, -0.25) is 4.90 Å². The molecule has 2 heterocycles. The predicted molar refractivity (Wildman–Crippen MR) is 75.9 cm³/mol. The van der Waals surface area contributed by atoms with E-state index in [0.29, 0.717) is 6.04 Å². The van der Waals surface area contributed by atoms with E-state index in [1.165, 1.54) is 45.2 Å². The van der Waals surface area contributed by atoms with Crippen LogP contribution < -0.4 is 5.32 Å². The Morgan fingerprint density at radius 3 is 2.39 bits per heavy atom. The van der Waals surface area contributed by atoms with Crippen molar-refractivity contribution in [2.24, 2.45) is 5.92 Å². The summed E-state index contributed by atoms with van der Waals surface area (Å²) >= 11 is 0. The molecular formula is C15H30N2O. The number of likely N-dealkylation sites (N-methyl/N-ethyl adjacent to an activating group) is 1. The SMILES string of the molecule is CNC(CC1CCOCC1)C(C)(C)N1CCCC1. The van der Waals surface area contributed by atoms with E-state index in [1.54, 1.807) is 0 Å². The molecule has 0 aromatic carbocycles. The van der Waals surface area contributed by atoms with Crippen molar-refractivity contribution in [1.29, 1.82) is 0 Å². The fourth-order valence-electron chi connectivity index (χ4n) is 3.59. The third kappa shape index (κ3) is 3.25. The monoisotopic (exact) mass is 254 g/mol. The first-order valence-corrected chi connectivity index (χ1v) is 7.64. The molecule has 2 aliphatic heterocycles. The number of rotatable bonds is 5. The van der Waals surface area contributed by atoms with E-state index in [9.17, 15) is 0 Å². The summed E-state index contributed by atoms with van der Waals surface area (Å²) in [6.07, 6.45) is 6.53. The molecule has 2 aliphatic rings. The molecule has 0 radical (unpaired) electrons. The van der Waals surface area contributed by atoms with Gasteiger partial charge in [0.2, 0.25) is 0 Å². The molecule has 3 heteroatoms. The number of ether oxygens (including phenoxy) is 1. The van der Waals surface area contributed by atoms with Gasteiger partial charge in [0, 0.05) is 24.8 Å². The van der Waals surface area contributed by atoms with Crippen molar-refractivity contribution in [2.45, 2.75) is 57.5 Å². The zero-order valence-corrected chi connectivity index (χ0v) is 12.4. The van der Waals surface area contributed by atoms with Gasteiger partial charge < -0.3 is 10.1 Å². The summed E-state index contributed by atoms with van der Waals surface area (Å²) in [7, 11) is 2.13. The van der Waals surface area contributed by atoms with Crippen molar-refractivity contribution in [3.8, 4) is 0 Å². The number of hydrogen-bond acceptors (Lipinski definition) is 3. The van der Waals surface area contributed by atoms with Crippen LogP contribution in [0, 0.1) is 5.92 Å². The first-order chi connectivity index (χ1) is 8.64. The molecule has 18 heavy (non-hydrogen) atoms. The smallest absolute Gasteiger partial charge is 0.0468 e. The van der Waals surface area contributed by atoms with Crippen LogP contribution in [-0.2, 0) is 4.74 Å². The summed E-state index contributed by atoms with van der Waals surface area (Å²) in [5.74, 6) is 0.845. The second-order valence-corrected chi connectivity index (χ2v) is 6.48. The van der Waals surface area contributed by atoms with Crippen molar-refractivity contribution in [2.75, 3.05) is 33.4 Å². The molecule has 1 unspecified atom stereocenters. The Balaban J connectivity index is 1.93. The lowest BCUT2D eigenvalue weighted by Gasteiger charge is -2.43. The van der Waals surface area contributed by atoms with Crippen molar-refractivity contribution < 1.29 is 4.74 Å². The molecule has 0 amide bonds. The molecule has 0 aromatic heterocycles.